The molecule has 0 atom stereocenters. The maximum absolute atomic E-state index is 13.1. The van der Waals surface area contributed by atoms with Gasteiger partial charge in [-0.2, -0.15) is 0 Å². The molecule has 0 saturated heterocycles. The van der Waals surface area contributed by atoms with Crippen molar-refractivity contribution in [2.45, 2.75) is 17.7 Å². The maximum Gasteiger partial charge on any atom is 0.300 e. The molecule has 0 fully saturated rings. The van der Waals surface area contributed by atoms with Crippen LogP contribution < -0.4 is 19.8 Å². The lowest BCUT2D eigenvalue weighted by molar-refractivity contribution is 0.00890. The number of carbonyl (C=O) groups is 1. The zero-order chi connectivity index (χ0) is 33.9. The number of furan rings is 1. The molecule has 1 amide bonds. The smallest absolute Gasteiger partial charge is 0.300 e. The number of hydrogen-bond donors (Lipinski definition) is 2. The number of aromatic nitrogens is 2. The van der Waals surface area contributed by atoms with Crippen LogP contribution in [0.15, 0.2) is 74.6 Å². The highest BCUT2D eigenvalue weighted by molar-refractivity contribution is 7.90. The van der Waals surface area contributed by atoms with E-state index in [4.69, 9.17) is 28.0 Å². The molecule has 0 unspecified atom stereocenters. The van der Waals surface area contributed by atoms with Crippen LogP contribution in [0.5, 0.6) is 5.75 Å². The van der Waals surface area contributed by atoms with Crippen LogP contribution in [-0.4, -0.2) is 85.0 Å². The predicted octanol–water partition coefficient (Wildman–Crippen LogP) is 3.20. The molecule has 0 bridgehead atoms. The molecule has 2 aromatic heterocycles. The van der Waals surface area contributed by atoms with Crippen LogP contribution in [0.25, 0.3) is 22.0 Å². The van der Waals surface area contributed by atoms with Gasteiger partial charge in [0.25, 0.3) is 10.0 Å². The Labute approximate surface area is 282 Å². The van der Waals surface area contributed by atoms with Crippen molar-refractivity contribution < 1.29 is 46.7 Å². The Balaban J connectivity index is 0.00000541. The second kappa shape index (κ2) is 17.6. The Morgan fingerprint density at radius 3 is 2.31 bits per heavy atom. The Morgan fingerprint density at radius 2 is 1.57 bits per heavy atom. The monoisotopic (exact) mass is 701 g/mol. The molecule has 49 heavy (non-hydrogen) atoms. The van der Waals surface area contributed by atoms with E-state index in [1.807, 2.05) is 36.6 Å². The van der Waals surface area contributed by atoms with E-state index in [0.717, 1.165) is 17.7 Å². The predicted molar refractivity (Wildman–Crippen MR) is 182 cm³/mol. The van der Waals surface area contributed by atoms with E-state index in [-0.39, 0.29) is 35.1 Å². The van der Waals surface area contributed by atoms with Gasteiger partial charge in [0.15, 0.2) is 11.3 Å². The van der Waals surface area contributed by atoms with Crippen LogP contribution in [0, 0.1) is 5.21 Å². The lowest BCUT2D eigenvalue weighted by Crippen LogP contribution is -2.30. The highest BCUT2D eigenvalue weighted by Crippen LogP contribution is 2.27. The number of hydrogen-bond acceptors (Lipinski definition) is 14. The van der Waals surface area contributed by atoms with Crippen LogP contribution in [0.1, 0.15) is 22.5 Å². The Kier molecular flexibility index (Phi) is 13.3. The van der Waals surface area contributed by atoms with Crippen molar-refractivity contribution in [2.24, 2.45) is 0 Å². The molecule has 0 aliphatic rings. The first kappa shape index (κ1) is 37.0. The second-order valence-electron chi connectivity index (χ2n) is 10.7. The summed E-state index contributed by atoms with van der Waals surface area (Å²) in [5, 5.41) is 19.3. The average Bonchev–Trinajstić information content (AvgIpc) is 3.75. The number of rotatable bonds is 19. The summed E-state index contributed by atoms with van der Waals surface area (Å²) >= 11 is 0. The molecule has 0 aliphatic carbocycles. The number of ether oxygens (including phenoxy) is 4. The Hall–Kier alpha value is -4.78. The number of anilines is 2. The van der Waals surface area contributed by atoms with Crippen molar-refractivity contribution in [1.82, 2.24) is 15.0 Å². The van der Waals surface area contributed by atoms with Crippen molar-refractivity contribution in [1.29, 1.82) is 0 Å². The Bertz CT molecular complexity index is 1930. The number of carbonyl (C=O) groups excluding carboxylic acids is 1. The highest BCUT2D eigenvalue weighted by Gasteiger charge is 2.25. The van der Waals surface area contributed by atoms with E-state index in [1.165, 1.54) is 24.3 Å². The third-order valence-corrected chi connectivity index (χ3v) is 8.55. The lowest BCUT2D eigenvalue weighted by atomic mass is 10.1. The number of fused-ring (bicyclic) bond motifs is 2. The summed E-state index contributed by atoms with van der Waals surface area (Å²) in [5.41, 5.74) is 5.36. The van der Waals surface area contributed by atoms with Gasteiger partial charge in [0, 0.05) is 37.8 Å². The fourth-order valence-electron chi connectivity index (χ4n) is 4.75. The molecule has 5 N–H and O–H groups in total. The first-order valence-electron chi connectivity index (χ1n) is 15.1. The van der Waals surface area contributed by atoms with Crippen LogP contribution in [-0.2, 0) is 36.1 Å². The van der Waals surface area contributed by atoms with Crippen molar-refractivity contribution >= 4 is 49.3 Å². The fourth-order valence-corrected chi connectivity index (χ4v) is 5.85. The van der Waals surface area contributed by atoms with Gasteiger partial charge in [0.1, 0.15) is 28.4 Å². The third-order valence-electron chi connectivity index (χ3n) is 7.18. The molecule has 3 aromatic carbocycles. The summed E-state index contributed by atoms with van der Waals surface area (Å²) < 4.78 is 61.0. The maximum atomic E-state index is 13.1. The van der Waals surface area contributed by atoms with Crippen molar-refractivity contribution in [3.05, 3.63) is 77.2 Å². The summed E-state index contributed by atoms with van der Waals surface area (Å²) in [7, 11) is -0.518. The lowest BCUT2D eigenvalue weighted by Gasteiger charge is -2.12. The van der Waals surface area contributed by atoms with E-state index in [2.05, 4.69) is 15.0 Å². The number of nitrogens with zero attached hydrogens (tertiary/aromatic N) is 3. The van der Waals surface area contributed by atoms with Gasteiger partial charge >= 0.3 is 5.91 Å². The van der Waals surface area contributed by atoms with Gasteiger partial charge in [-0.1, -0.05) is 18.2 Å². The van der Waals surface area contributed by atoms with Crippen molar-refractivity contribution in [2.75, 3.05) is 70.7 Å². The number of nitrogens with one attached hydrogen (secondary N) is 2. The summed E-state index contributed by atoms with van der Waals surface area (Å²) in [6.45, 7) is 2.24. The average molecular weight is 702 g/mol. The number of sulfonamides is 1. The molecule has 0 spiro atoms. The van der Waals surface area contributed by atoms with Gasteiger partial charge in [0.05, 0.1) is 38.7 Å². The van der Waals surface area contributed by atoms with Gasteiger partial charge < -0.3 is 44.4 Å². The van der Waals surface area contributed by atoms with Crippen LogP contribution in [0.2, 0.25) is 0 Å². The molecular formula is C32H39N5O11S. The van der Waals surface area contributed by atoms with Crippen LogP contribution in [0.3, 0.4) is 0 Å². The molecule has 16 nitrogen and oxygen atoms in total. The molecule has 17 heteroatoms. The van der Waals surface area contributed by atoms with E-state index in [9.17, 15) is 18.4 Å². The van der Waals surface area contributed by atoms with Gasteiger partial charge in [-0.05, 0) is 65.1 Å². The minimum absolute atomic E-state index is 0. The highest BCUT2D eigenvalue weighted by atomic mass is 32.2. The first-order chi connectivity index (χ1) is 23.3. The molecule has 5 rings (SSSR count). The van der Waals surface area contributed by atoms with Crippen LogP contribution in [0.4, 0.5) is 11.4 Å². The number of aryl methyl sites for hydroxylation is 1. The van der Waals surface area contributed by atoms with Gasteiger partial charge in [-0.25, -0.2) is 17.8 Å². The SMILES string of the molecule is CN(C)c1ccc2cc(C(=O)NS(=O)(=O)c3ccccc3OCCOCCOCCOCCCc3ccc(N[O-])c4nonc34)oc2c1.[OH3+]. The molecule has 264 valence electrons. The summed E-state index contributed by atoms with van der Waals surface area (Å²) in [6, 6.07) is 16.4. The molecule has 0 radical (unpaired) electrons. The van der Waals surface area contributed by atoms with Crippen LogP contribution >= 0.6 is 0 Å². The zero-order valence-electron chi connectivity index (χ0n) is 27.0. The summed E-state index contributed by atoms with van der Waals surface area (Å²) in [4.78, 5) is 14.5. The molecule has 5 aromatic rings. The first-order valence-corrected chi connectivity index (χ1v) is 16.6. The summed E-state index contributed by atoms with van der Waals surface area (Å²) in [5.74, 6) is -0.947. The summed E-state index contributed by atoms with van der Waals surface area (Å²) in [6.07, 6.45) is 1.43. The standard InChI is InChI=1S/C32H36N5O10S.H2O/c1-37(2)24-11-9-23-20-28(46-27(23)21-24)32(38)36-48(40,41)29-8-4-3-7-26(29)45-19-18-44-17-16-43-15-14-42-13-5-6-22-10-12-25(33-39)31-30(22)34-47-35-31;/h3-4,7-12,20-21,33H,5-6,13-19H2,1-2H3,(H,36,38);1H2/q-1;/p+1. The minimum atomic E-state index is -4.27. The fraction of sp³-hybridized carbons (Fsp3) is 0.344. The van der Waals surface area contributed by atoms with Gasteiger partial charge in [0.2, 0.25) is 0 Å². The van der Waals surface area contributed by atoms with E-state index < -0.39 is 15.9 Å². The topological polar surface area (TPSA) is 224 Å². The normalized spacial score (nSPS) is 11.4. The van der Waals surface area contributed by atoms with Gasteiger partial charge in [-0.15, -0.1) is 0 Å². The van der Waals surface area contributed by atoms with E-state index in [0.29, 0.717) is 67.1 Å². The third kappa shape index (κ3) is 9.65. The zero-order valence-corrected chi connectivity index (χ0v) is 27.9. The quantitative estimate of drug-likeness (QED) is 0.0717. The molecule has 0 saturated carbocycles. The Morgan fingerprint density at radius 1 is 0.878 bits per heavy atom. The number of para-hydroxylation sites is 1. The van der Waals surface area contributed by atoms with Gasteiger partial charge in [-0.3, -0.25) is 4.79 Å². The number of amides is 1. The van der Waals surface area contributed by atoms with Crippen molar-refractivity contribution in [3.63, 3.8) is 0 Å². The molecular weight excluding hydrogens is 662 g/mol. The molecule has 2 heterocycles. The second-order valence-corrected chi connectivity index (χ2v) is 12.4. The number of benzene rings is 3. The molecule has 0 aliphatic heterocycles. The minimum Gasteiger partial charge on any atom is -0.761 e. The van der Waals surface area contributed by atoms with Crippen molar-refractivity contribution in [3.8, 4) is 5.75 Å². The largest absolute Gasteiger partial charge is 0.761 e. The van der Waals surface area contributed by atoms with E-state index in [1.54, 1.807) is 24.3 Å². The van der Waals surface area contributed by atoms with E-state index >= 15 is 0 Å².